The second-order valence-corrected chi connectivity index (χ2v) is 9.05. The maximum atomic E-state index is 13.2. The first-order chi connectivity index (χ1) is 15.6. The number of benzene rings is 1. The van der Waals surface area contributed by atoms with Gasteiger partial charge in [0.25, 0.3) is 0 Å². The monoisotopic (exact) mass is 442 g/mol. The Bertz CT molecular complexity index is 831. The maximum absolute atomic E-state index is 13.2. The number of para-hydroxylation sites is 2. The molecule has 0 aliphatic carbocycles. The van der Waals surface area contributed by atoms with Crippen molar-refractivity contribution in [2.45, 2.75) is 38.5 Å². The molecule has 0 bridgehead atoms. The van der Waals surface area contributed by atoms with Crippen LogP contribution in [0.5, 0.6) is 5.75 Å². The van der Waals surface area contributed by atoms with Gasteiger partial charge in [0.1, 0.15) is 5.75 Å². The van der Waals surface area contributed by atoms with E-state index < -0.39 is 0 Å². The molecule has 3 aliphatic heterocycles. The Labute approximate surface area is 189 Å². The molecular formula is C24H34N4O4. The molecule has 0 unspecified atom stereocenters. The van der Waals surface area contributed by atoms with Gasteiger partial charge in [-0.2, -0.15) is 0 Å². The molecule has 8 heteroatoms. The van der Waals surface area contributed by atoms with Crippen LogP contribution >= 0.6 is 0 Å². The molecule has 3 saturated heterocycles. The van der Waals surface area contributed by atoms with E-state index in [0.29, 0.717) is 43.9 Å². The molecule has 3 fully saturated rings. The number of carbonyl (C=O) groups is 3. The summed E-state index contributed by atoms with van der Waals surface area (Å²) in [5.41, 5.74) is 0.670. The number of urea groups is 1. The zero-order chi connectivity index (χ0) is 22.5. The predicted molar refractivity (Wildman–Crippen MR) is 121 cm³/mol. The molecule has 1 atom stereocenters. The van der Waals surface area contributed by atoms with E-state index in [0.717, 1.165) is 45.3 Å². The van der Waals surface area contributed by atoms with Crippen molar-refractivity contribution in [3.05, 3.63) is 24.3 Å². The topological polar surface area (TPSA) is 82.2 Å². The Kier molecular flexibility index (Phi) is 7.17. The van der Waals surface area contributed by atoms with Gasteiger partial charge in [-0.25, -0.2) is 4.79 Å². The largest absolute Gasteiger partial charge is 0.495 e. The number of rotatable bonds is 4. The molecule has 3 heterocycles. The number of likely N-dealkylation sites (tertiary alicyclic amines) is 3. The predicted octanol–water partition coefficient (Wildman–Crippen LogP) is 2.80. The molecule has 0 aromatic heterocycles. The van der Waals surface area contributed by atoms with Crippen LogP contribution in [0.1, 0.15) is 38.5 Å². The quantitative estimate of drug-likeness (QED) is 0.777. The zero-order valence-electron chi connectivity index (χ0n) is 18.9. The fourth-order valence-corrected chi connectivity index (χ4v) is 5.06. The molecule has 1 aromatic rings. The van der Waals surface area contributed by atoms with Crippen LogP contribution in [0.2, 0.25) is 0 Å². The van der Waals surface area contributed by atoms with E-state index in [1.54, 1.807) is 7.11 Å². The van der Waals surface area contributed by atoms with Gasteiger partial charge in [-0.05, 0) is 50.7 Å². The minimum Gasteiger partial charge on any atom is -0.495 e. The van der Waals surface area contributed by atoms with Crippen molar-refractivity contribution in [1.29, 1.82) is 0 Å². The molecule has 8 nitrogen and oxygen atoms in total. The number of nitrogens with zero attached hydrogens (tertiary/aromatic N) is 3. The van der Waals surface area contributed by atoms with Gasteiger partial charge in [0.2, 0.25) is 11.8 Å². The number of piperidine rings is 2. The SMILES string of the molecule is COc1ccccc1NC(=O)C1CCN(C(=O)[C@H]2CCCN(C(=O)N3CCCC3)C2)CC1. The Morgan fingerprint density at radius 3 is 2.25 bits per heavy atom. The lowest BCUT2D eigenvalue weighted by Crippen LogP contribution is -2.51. The van der Waals surface area contributed by atoms with E-state index in [4.69, 9.17) is 4.74 Å². The van der Waals surface area contributed by atoms with E-state index in [-0.39, 0.29) is 29.7 Å². The van der Waals surface area contributed by atoms with Crippen LogP contribution in [0.3, 0.4) is 0 Å². The van der Waals surface area contributed by atoms with Gasteiger partial charge < -0.3 is 24.8 Å². The minimum atomic E-state index is -0.130. The van der Waals surface area contributed by atoms with Crippen LogP contribution in [0.4, 0.5) is 10.5 Å². The van der Waals surface area contributed by atoms with Crippen molar-refractivity contribution in [3.63, 3.8) is 0 Å². The second-order valence-electron chi connectivity index (χ2n) is 9.05. The third-order valence-corrected chi connectivity index (χ3v) is 6.96. The maximum Gasteiger partial charge on any atom is 0.320 e. The van der Waals surface area contributed by atoms with E-state index in [1.807, 2.05) is 39.0 Å². The van der Waals surface area contributed by atoms with Crippen LogP contribution < -0.4 is 10.1 Å². The second kappa shape index (κ2) is 10.2. The molecule has 0 saturated carbocycles. The number of hydrogen-bond donors (Lipinski definition) is 1. The molecule has 0 spiro atoms. The van der Waals surface area contributed by atoms with Crippen LogP contribution in [0, 0.1) is 11.8 Å². The lowest BCUT2D eigenvalue weighted by Gasteiger charge is -2.38. The molecule has 32 heavy (non-hydrogen) atoms. The van der Waals surface area contributed by atoms with Gasteiger partial charge in [0.15, 0.2) is 0 Å². The van der Waals surface area contributed by atoms with E-state index in [9.17, 15) is 14.4 Å². The van der Waals surface area contributed by atoms with Crippen LogP contribution in [0.15, 0.2) is 24.3 Å². The van der Waals surface area contributed by atoms with Crippen LogP contribution in [-0.4, -0.2) is 78.9 Å². The highest BCUT2D eigenvalue weighted by atomic mass is 16.5. The smallest absolute Gasteiger partial charge is 0.320 e. The first-order valence-electron chi connectivity index (χ1n) is 11.8. The third kappa shape index (κ3) is 5.00. The lowest BCUT2D eigenvalue weighted by molar-refractivity contribution is -0.139. The van der Waals surface area contributed by atoms with Gasteiger partial charge in [-0.3, -0.25) is 9.59 Å². The summed E-state index contributed by atoms with van der Waals surface area (Å²) in [5.74, 6) is 0.491. The lowest BCUT2D eigenvalue weighted by atomic mass is 9.92. The highest BCUT2D eigenvalue weighted by Crippen LogP contribution is 2.27. The Hall–Kier alpha value is -2.77. The molecule has 3 aliphatic rings. The number of hydrogen-bond acceptors (Lipinski definition) is 4. The molecule has 4 rings (SSSR count). The summed E-state index contributed by atoms with van der Waals surface area (Å²) in [7, 11) is 1.58. The van der Waals surface area contributed by atoms with Crippen LogP contribution in [-0.2, 0) is 9.59 Å². The molecular weight excluding hydrogens is 408 g/mol. The summed E-state index contributed by atoms with van der Waals surface area (Å²) in [6, 6.07) is 7.46. The van der Waals surface area contributed by atoms with Gasteiger partial charge in [-0.1, -0.05) is 12.1 Å². The zero-order valence-corrected chi connectivity index (χ0v) is 18.9. The normalized spacial score (nSPS) is 22.0. The minimum absolute atomic E-state index is 0.0262. The molecule has 1 aromatic carbocycles. The van der Waals surface area contributed by atoms with E-state index >= 15 is 0 Å². The van der Waals surface area contributed by atoms with Crippen molar-refractivity contribution in [2.75, 3.05) is 51.7 Å². The summed E-state index contributed by atoms with van der Waals surface area (Å²) in [6.07, 6.45) is 5.14. The summed E-state index contributed by atoms with van der Waals surface area (Å²) in [4.78, 5) is 44.3. The Morgan fingerprint density at radius 2 is 1.53 bits per heavy atom. The fourth-order valence-electron chi connectivity index (χ4n) is 5.06. The summed E-state index contributed by atoms with van der Waals surface area (Å²) in [6.45, 7) is 4.09. The Morgan fingerprint density at radius 1 is 0.844 bits per heavy atom. The van der Waals surface area contributed by atoms with Crippen molar-refractivity contribution >= 4 is 23.5 Å². The van der Waals surface area contributed by atoms with Crippen molar-refractivity contribution in [2.24, 2.45) is 11.8 Å². The number of nitrogens with one attached hydrogen (secondary N) is 1. The van der Waals surface area contributed by atoms with Gasteiger partial charge >= 0.3 is 6.03 Å². The highest BCUT2D eigenvalue weighted by Gasteiger charge is 2.35. The number of amides is 4. The Balaban J connectivity index is 1.27. The van der Waals surface area contributed by atoms with Gasteiger partial charge in [0.05, 0.1) is 18.7 Å². The summed E-state index contributed by atoms with van der Waals surface area (Å²) < 4.78 is 5.31. The number of anilines is 1. The first kappa shape index (κ1) is 22.4. The number of carbonyl (C=O) groups excluding carboxylic acids is 3. The molecule has 4 amide bonds. The standard InChI is InChI=1S/C24H34N4O4/c1-32-21-9-3-2-8-20(21)25-22(29)18-10-15-26(16-11-18)23(30)19-7-6-14-28(17-19)24(31)27-12-4-5-13-27/h2-3,8-9,18-19H,4-7,10-17H2,1H3,(H,25,29)/t19-/m0/s1. The van der Waals surface area contributed by atoms with E-state index in [1.165, 1.54) is 0 Å². The van der Waals surface area contributed by atoms with E-state index in [2.05, 4.69) is 5.32 Å². The molecule has 174 valence electrons. The molecule has 1 N–H and O–H groups in total. The van der Waals surface area contributed by atoms with Crippen molar-refractivity contribution in [3.8, 4) is 5.75 Å². The average Bonchev–Trinajstić information content (AvgIpc) is 3.38. The van der Waals surface area contributed by atoms with Crippen molar-refractivity contribution < 1.29 is 19.1 Å². The highest BCUT2D eigenvalue weighted by molar-refractivity contribution is 5.94. The summed E-state index contributed by atoms with van der Waals surface area (Å²) >= 11 is 0. The molecule has 0 radical (unpaired) electrons. The van der Waals surface area contributed by atoms with Gasteiger partial charge in [-0.15, -0.1) is 0 Å². The first-order valence-corrected chi connectivity index (χ1v) is 11.8. The van der Waals surface area contributed by atoms with Crippen molar-refractivity contribution in [1.82, 2.24) is 14.7 Å². The summed E-state index contributed by atoms with van der Waals surface area (Å²) in [5, 5.41) is 2.97. The third-order valence-electron chi connectivity index (χ3n) is 6.96. The number of methoxy groups -OCH3 is 1. The van der Waals surface area contributed by atoms with Gasteiger partial charge in [0, 0.05) is 45.2 Å². The fraction of sp³-hybridized carbons (Fsp3) is 0.625. The van der Waals surface area contributed by atoms with Crippen LogP contribution in [0.25, 0.3) is 0 Å². The average molecular weight is 443 g/mol. The number of ether oxygens (including phenoxy) is 1.